The maximum Gasteiger partial charge on any atom is 0.251 e. The first-order valence-corrected chi connectivity index (χ1v) is 7.76. The second kappa shape index (κ2) is 7.72. The first-order chi connectivity index (χ1) is 10.9. The second-order valence-corrected chi connectivity index (χ2v) is 5.96. The number of aromatic nitrogens is 2. The summed E-state index contributed by atoms with van der Waals surface area (Å²) in [5, 5.41) is 2.87. The highest BCUT2D eigenvalue weighted by molar-refractivity contribution is 5.94. The van der Waals surface area contributed by atoms with Gasteiger partial charge in [0.25, 0.3) is 5.91 Å². The fraction of sp³-hybridized carbons (Fsp3) is 0.389. The number of nitrogens with zero attached hydrogens (tertiary/aromatic N) is 2. The van der Waals surface area contributed by atoms with Gasteiger partial charge in [0.15, 0.2) is 0 Å². The summed E-state index contributed by atoms with van der Waals surface area (Å²) in [5.41, 5.74) is 2.30. The van der Waals surface area contributed by atoms with Gasteiger partial charge in [0.2, 0.25) is 0 Å². The number of ether oxygens (including phenoxy) is 1. The van der Waals surface area contributed by atoms with Gasteiger partial charge in [-0.25, -0.2) is 9.97 Å². The van der Waals surface area contributed by atoms with E-state index in [4.69, 9.17) is 4.74 Å². The van der Waals surface area contributed by atoms with E-state index in [9.17, 15) is 4.79 Å². The maximum absolute atomic E-state index is 12.2. The van der Waals surface area contributed by atoms with Crippen molar-refractivity contribution in [1.82, 2.24) is 15.3 Å². The quantitative estimate of drug-likeness (QED) is 0.890. The van der Waals surface area contributed by atoms with Gasteiger partial charge in [0.05, 0.1) is 18.8 Å². The Hall–Kier alpha value is -2.43. The zero-order chi connectivity index (χ0) is 16.8. The molecular weight excluding hydrogens is 290 g/mol. The lowest BCUT2D eigenvalue weighted by molar-refractivity contribution is 0.0950. The molecule has 1 amide bonds. The molecule has 5 nitrogen and oxygen atoms in total. The Labute approximate surface area is 137 Å². The molecule has 1 N–H and O–H groups in total. The zero-order valence-electron chi connectivity index (χ0n) is 14.1. The summed E-state index contributed by atoms with van der Waals surface area (Å²) in [6, 6.07) is 9.03. The number of hydrogen-bond acceptors (Lipinski definition) is 4. The Bertz CT molecular complexity index is 646. The molecule has 122 valence electrons. The highest BCUT2D eigenvalue weighted by atomic mass is 16.5. The van der Waals surface area contributed by atoms with Crippen molar-refractivity contribution in [2.24, 2.45) is 5.92 Å². The minimum atomic E-state index is -0.130. The van der Waals surface area contributed by atoms with Crippen LogP contribution in [0, 0.1) is 19.8 Å². The number of carbonyl (C=O) groups is 1. The summed E-state index contributed by atoms with van der Waals surface area (Å²) in [7, 11) is 0. The van der Waals surface area contributed by atoms with Crippen molar-refractivity contribution in [3.8, 4) is 5.75 Å². The molecule has 2 aromatic rings. The SMILES string of the molecule is Cc1cc(CNC(=O)c2ccc(OCC(C)C)cc2)nc(C)n1. The van der Waals surface area contributed by atoms with E-state index in [1.807, 2.05) is 32.0 Å². The lowest BCUT2D eigenvalue weighted by Gasteiger charge is -2.09. The summed E-state index contributed by atoms with van der Waals surface area (Å²) >= 11 is 0. The molecule has 0 saturated heterocycles. The van der Waals surface area contributed by atoms with Crippen LogP contribution in [0.2, 0.25) is 0 Å². The third-order valence-corrected chi connectivity index (χ3v) is 3.15. The molecule has 1 heterocycles. The Morgan fingerprint density at radius 2 is 1.87 bits per heavy atom. The highest BCUT2D eigenvalue weighted by Gasteiger charge is 2.07. The largest absolute Gasteiger partial charge is 0.493 e. The Morgan fingerprint density at radius 3 is 2.48 bits per heavy atom. The number of amides is 1. The standard InChI is InChI=1S/C18H23N3O2/c1-12(2)11-23-17-7-5-15(6-8-17)18(22)19-10-16-9-13(3)20-14(4)21-16/h5-9,12H,10-11H2,1-4H3,(H,19,22). The minimum absolute atomic E-state index is 0.130. The molecule has 0 aliphatic carbocycles. The summed E-state index contributed by atoms with van der Waals surface area (Å²) < 4.78 is 5.61. The van der Waals surface area contributed by atoms with E-state index in [-0.39, 0.29) is 5.91 Å². The lowest BCUT2D eigenvalue weighted by atomic mass is 10.2. The van der Waals surface area contributed by atoms with Crippen LogP contribution < -0.4 is 10.1 Å². The number of benzene rings is 1. The maximum atomic E-state index is 12.2. The van der Waals surface area contributed by atoms with Gasteiger partial charge >= 0.3 is 0 Å². The molecule has 1 aromatic carbocycles. The van der Waals surface area contributed by atoms with Crippen molar-refractivity contribution in [1.29, 1.82) is 0 Å². The third kappa shape index (κ3) is 5.36. The molecule has 0 atom stereocenters. The van der Waals surface area contributed by atoms with E-state index in [0.29, 0.717) is 30.5 Å². The topological polar surface area (TPSA) is 64.1 Å². The van der Waals surface area contributed by atoms with Gasteiger partial charge in [0, 0.05) is 11.3 Å². The predicted octanol–water partition coefficient (Wildman–Crippen LogP) is 3.06. The molecule has 5 heteroatoms. The Kier molecular flexibility index (Phi) is 5.68. The van der Waals surface area contributed by atoms with Crippen molar-refractivity contribution in [3.05, 3.63) is 53.1 Å². The molecule has 0 bridgehead atoms. The number of rotatable bonds is 6. The van der Waals surface area contributed by atoms with Crippen LogP contribution in [0.1, 0.15) is 41.4 Å². The fourth-order valence-electron chi connectivity index (χ4n) is 2.12. The first-order valence-electron chi connectivity index (χ1n) is 7.76. The number of aryl methyl sites for hydroxylation is 2. The molecule has 2 rings (SSSR count). The highest BCUT2D eigenvalue weighted by Crippen LogP contribution is 2.13. The smallest absolute Gasteiger partial charge is 0.251 e. The van der Waals surface area contributed by atoms with Gasteiger partial charge < -0.3 is 10.1 Å². The zero-order valence-corrected chi connectivity index (χ0v) is 14.1. The molecule has 0 aliphatic rings. The van der Waals surface area contributed by atoms with Gasteiger partial charge in [-0.05, 0) is 50.1 Å². The van der Waals surface area contributed by atoms with Crippen LogP contribution in [0.5, 0.6) is 5.75 Å². The van der Waals surface area contributed by atoms with Gasteiger partial charge in [-0.15, -0.1) is 0 Å². The number of nitrogens with one attached hydrogen (secondary N) is 1. The van der Waals surface area contributed by atoms with Crippen LogP contribution >= 0.6 is 0 Å². The van der Waals surface area contributed by atoms with Gasteiger partial charge in [0.1, 0.15) is 11.6 Å². The van der Waals surface area contributed by atoms with Gasteiger partial charge in [-0.3, -0.25) is 4.79 Å². The molecule has 1 aromatic heterocycles. The molecule has 0 aliphatic heterocycles. The first kappa shape index (κ1) is 16.9. The molecule has 0 fully saturated rings. The van der Waals surface area contributed by atoms with Crippen LogP contribution in [-0.4, -0.2) is 22.5 Å². The van der Waals surface area contributed by atoms with E-state index in [0.717, 1.165) is 17.1 Å². The average Bonchev–Trinajstić information content (AvgIpc) is 2.50. The van der Waals surface area contributed by atoms with Crippen molar-refractivity contribution in [2.75, 3.05) is 6.61 Å². The van der Waals surface area contributed by atoms with Crippen LogP contribution in [0.4, 0.5) is 0 Å². The Balaban J connectivity index is 1.92. The minimum Gasteiger partial charge on any atom is -0.493 e. The third-order valence-electron chi connectivity index (χ3n) is 3.15. The van der Waals surface area contributed by atoms with Crippen LogP contribution in [0.3, 0.4) is 0 Å². The number of hydrogen-bond donors (Lipinski definition) is 1. The molecular formula is C18H23N3O2. The lowest BCUT2D eigenvalue weighted by Crippen LogP contribution is -2.23. The van der Waals surface area contributed by atoms with Crippen molar-refractivity contribution in [2.45, 2.75) is 34.2 Å². The summed E-state index contributed by atoms with van der Waals surface area (Å²) in [6.07, 6.45) is 0. The van der Waals surface area contributed by atoms with Crippen LogP contribution in [-0.2, 0) is 6.54 Å². The molecule has 23 heavy (non-hydrogen) atoms. The molecule has 0 spiro atoms. The summed E-state index contributed by atoms with van der Waals surface area (Å²) in [5.74, 6) is 1.82. The molecule has 0 unspecified atom stereocenters. The second-order valence-electron chi connectivity index (χ2n) is 5.96. The van der Waals surface area contributed by atoms with Crippen molar-refractivity contribution < 1.29 is 9.53 Å². The van der Waals surface area contributed by atoms with E-state index in [1.165, 1.54) is 0 Å². The summed E-state index contributed by atoms with van der Waals surface area (Å²) in [4.78, 5) is 20.7. The van der Waals surface area contributed by atoms with E-state index >= 15 is 0 Å². The van der Waals surface area contributed by atoms with Gasteiger partial charge in [-0.1, -0.05) is 13.8 Å². The van der Waals surface area contributed by atoms with Gasteiger partial charge in [-0.2, -0.15) is 0 Å². The average molecular weight is 313 g/mol. The number of carbonyl (C=O) groups excluding carboxylic acids is 1. The summed E-state index contributed by atoms with van der Waals surface area (Å²) in [6.45, 7) is 8.99. The normalized spacial score (nSPS) is 10.7. The van der Waals surface area contributed by atoms with Crippen LogP contribution in [0.25, 0.3) is 0 Å². The van der Waals surface area contributed by atoms with Crippen molar-refractivity contribution >= 4 is 5.91 Å². The van der Waals surface area contributed by atoms with E-state index in [2.05, 4.69) is 29.1 Å². The van der Waals surface area contributed by atoms with E-state index < -0.39 is 0 Å². The molecule has 0 radical (unpaired) electrons. The Morgan fingerprint density at radius 1 is 1.17 bits per heavy atom. The monoisotopic (exact) mass is 313 g/mol. The fourth-order valence-corrected chi connectivity index (χ4v) is 2.12. The predicted molar refractivity (Wildman–Crippen MR) is 89.5 cm³/mol. The van der Waals surface area contributed by atoms with E-state index in [1.54, 1.807) is 12.1 Å². The van der Waals surface area contributed by atoms with Crippen molar-refractivity contribution in [3.63, 3.8) is 0 Å². The van der Waals surface area contributed by atoms with Crippen LogP contribution in [0.15, 0.2) is 30.3 Å². The molecule has 0 saturated carbocycles.